The molecule has 0 saturated heterocycles. The van der Waals surface area contributed by atoms with E-state index in [-0.39, 0.29) is 0 Å². The van der Waals surface area contributed by atoms with E-state index in [1.807, 2.05) is 31.2 Å². The van der Waals surface area contributed by atoms with Gasteiger partial charge in [-0.3, -0.25) is 0 Å². The lowest BCUT2D eigenvalue weighted by Crippen LogP contribution is -2.05. The zero-order valence-corrected chi connectivity index (χ0v) is 15.0. The summed E-state index contributed by atoms with van der Waals surface area (Å²) >= 11 is 7.62. The molecule has 0 aliphatic rings. The average molecular weight is 361 g/mol. The molecule has 0 spiro atoms. The van der Waals surface area contributed by atoms with Gasteiger partial charge in [-0.25, -0.2) is 0 Å². The fourth-order valence-corrected chi connectivity index (χ4v) is 3.11. The van der Waals surface area contributed by atoms with E-state index in [1.54, 1.807) is 16.4 Å². The van der Waals surface area contributed by atoms with Crippen LogP contribution in [0.4, 0.5) is 0 Å². The predicted octanol–water partition coefficient (Wildman–Crippen LogP) is 4.10. The third-order valence-corrected chi connectivity index (χ3v) is 4.64. The molecule has 124 valence electrons. The largest absolute Gasteiger partial charge is 0.491 e. The monoisotopic (exact) mass is 360 g/mol. The molecule has 0 aliphatic carbocycles. The first-order chi connectivity index (χ1) is 11.6. The van der Waals surface area contributed by atoms with E-state index < -0.39 is 0 Å². The maximum absolute atomic E-state index is 6.07. The molecule has 0 unspecified atom stereocenters. The summed E-state index contributed by atoms with van der Waals surface area (Å²) in [5.41, 5.74) is 3.29. The van der Waals surface area contributed by atoms with Gasteiger partial charge >= 0.3 is 0 Å². The van der Waals surface area contributed by atoms with Crippen LogP contribution in [0, 0.1) is 13.8 Å². The van der Waals surface area contributed by atoms with E-state index >= 15 is 0 Å². The van der Waals surface area contributed by atoms with Gasteiger partial charge in [0.15, 0.2) is 0 Å². The summed E-state index contributed by atoms with van der Waals surface area (Å²) in [6.45, 7) is 4.62. The summed E-state index contributed by atoms with van der Waals surface area (Å²) in [4.78, 5) is 0. The first-order valence-corrected chi connectivity index (χ1v) is 8.87. The molecule has 1 aromatic heterocycles. The quantitative estimate of drug-likeness (QED) is 0.489. The molecule has 0 bridgehead atoms. The van der Waals surface area contributed by atoms with Gasteiger partial charge in [-0.2, -0.15) is 4.68 Å². The van der Waals surface area contributed by atoms with Crippen molar-refractivity contribution in [1.29, 1.82) is 0 Å². The van der Waals surface area contributed by atoms with Crippen LogP contribution in [0.2, 0.25) is 5.02 Å². The second-order valence-corrected chi connectivity index (χ2v) is 6.76. The van der Waals surface area contributed by atoms with Crippen LogP contribution in [-0.4, -0.2) is 32.6 Å². The number of tetrazole rings is 1. The summed E-state index contributed by atoms with van der Waals surface area (Å²) < 4.78 is 7.46. The molecule has 0 N–H and O–H groups in total. The number of nitrogens with zero attached hydrogens (tertiary/aromatic N) is 4. The minimum absolute atomic E-state index is 0.522. The van der Waals surface area contributed by atoms with E-state index in [2.05, 4.69) is 40.6 Å². The van der Waals surface area contributed by atoms with E-state index in [9.17, 15) is 0 Å². The van der Waals surface area contributed by atoms with Gasteiger partial charge in [0.2, 0.25) is 5.16 Å². The van der Waals surface area contributed by atoms with Crippen LogP contribution >= 0.6 is 23.4 Å². The Hall–Kier alpha value is -2.05. The first kappa shape index (κ1) is 16.8. The summed E-state index contributed by atoms with van der Waals surface area (Å²) in [6, 6.07) is 13.7. The van der Waals surface area contributed by atoms with Crippen molar-refractivity contribution in [3.05, 3.63) is 58.6 Å². The molecular formula is C17H17ClN4OS. The average Bonchev–Trinajstić information content (AvgIpc) is 3.03. The lowest BCUT2D eigenvalue weighted by atomic mass is 10.1. The van der Waals surface area contributed by atoms with Crippen molar-refractivity contribution >= 4 is 23.4 Å². The van der Waals surface area contributed by atoms with Gasteiger partial charge < -0.3 is 4.74 Å². The number of aromatic nitrogens is 4. The van der Waals surface area contributed by atoms with Crippen molar-refractivity contribution < 1.29 is 4.74 Å². The number of halogens is 1. The van der Waals surface area contributed by atoms with Gasteiger partial charge in [0.25, 0.3) is 0 Å². The molecule has 3 aromatic rings. The number of ether oxygens (including phenoxy) is 1. The van der Waals surface area contributed by atoms with Crippen LogP contribution in [0.25, 0.3) is 5.69 Å². The number of rotatable bonds is 6. The molecule has 5 nitrogen and oxygen atoms in total. The molecule has 1 heterocycles. The SMILES string of the molecule is Cc1ccc(C)c(-n2nnnc2SCCOc2ccccc2Cl)c1. The third-order valence-electron chi connectivity index (χ3n) is 3.44. The minimum Gasteiger partial charge on any atom is -0.491 e. The fraction of sp³-hybridized carbons (Fsp3) is 0.235. The van der Waals surface area contributed by atoms with Crippen LogP contribution < -0.4 is 4.74 Å². The highest BCUT2D eigenvalue weighted by Gasteiger charge is 2.11. The zero-order chi connectivity index (χ0) is 16.9. The maximum Gasteiger partial charge on any atom is 0.214 e. The molecule has 0 saturated carbocycles. The Bertz CT molecular complexity index is 837. The minimum atomic E-state index is 0.522. The summed E-state index contributed by atoms with van der Waals surface area (Å²) in [6.07, 6.45) is 0. The lowest BCUT2D eigenvalue weighted by molar-refractivity contribution is 0.344. The molecule has 3 rings (SSSR count). The van der Waals surface area contributed by atoms with E-state index in [0.29, 0.717) is 17.4 Å². The molecule has 0 amide bonds. The molecular weight excluding hydrogens is 344 g/mol. The second-order valence-electron chi connectivity index (χ2n) is 5.29. The Morgan fingerprint density at radius 1 is 1.17 bits per heavy atom. The van der Waals surface area contributed by atoms with Gasteiger partial charge in [0, 0.05) is 5.75 Å². The predicted molar refractivity (Wildman–Crippen MR) is 96.3 cm³/mol. The van der Waals surface area contributed by atoms with Crippen molar-refractivity contribution in [2.24, 2.45) is 0 Å². The van der Waals surface area contributed by atoms with Gasteiger partial charge in [0.1, 0.15) is 5.75 Å². The normalized spacial score (nSPS) is 10.8. The van der Waals surface area contributed by atoms with Crippen molar-refractivity contribution in [1.82, 2.24) is 20.2 Å². The topological polar surface area (TPSA) is 52.8 Å². The highest BCUT2D eigenvalue weighted by Crippen LogP contribution is 2.24. The molecule has 0 atom stereocenters. The van der Waals surface area contributed by atoms with Crippen LogP contribution in [0.1, 0.15) is 11.1 Å². The summed E-state index contributed by atoms with van der Waals surface area (Å²) in [5, 5.41) is 13.4. The number of hydrogen-bond acceptors (Lipinski definition) is 5. The highest BCUT2D eigenvalue weighted by atomic mass is 35.5. The highest BCUT2D eigenvalue weighted by molar-refractivity contribution is 7.99. The Morgan fingerprint density at radius 2 is 2.00 bits per heavy atom. The lowest BCUT2D eigenvalue weighted by Gasteiger charge is -2.09. The molecule has 24 heavy (non-hydrogen) atoms. The van der Waals surface area contributed by atoms with Gasteiger partial charge in [0.05, 0.1) is 17.3 Å². The molecule has 2 aromatic carbocycles. The second kappa shape index (κ2) is 7.68. The van der Waals surface area contributed by atoms with Crippen LogP contribution in [0.15, 0.2) is 47.6 Å². The van der Waals surface area contributed by atoms with Gasteiger partial charge in [-0.05, 0) is 53.6 Å². The summed E-state index contributed by atoms with van der Waals surface area (Å²) in [7, 11) is 0. The van der Waals surface area contributed by atoms with Crippen LogP contribution in [-0.2, 0) is 0 Å². The van der Waals surface area contributed by atoms with Crippen molar-refractivity contribution in [3.63, 3.8) is 0 Å². The number of para-hydroxylation sites is 1. The Morgan fingerprint density at radius 3 is 2.83 bits per heavy atom. The van der Waals surface area contributed by atoms with Crippen LogP contribution in [0.5, 0.6) is 5.75 Å². The zero-order valence-electron chi connectivity index (χ0n) is 13.4. The number of benzene rings is 2. The molecule has 7 heteroatoms. The Labute approximate surface area is 150 Å². The van der Waals surface area contributed by atoms with E-state index in [0.717, 1.165) is 22.2 Å². The van der Waals surface area contributed by atoms with Gasteiger partial charge in [-0.15, -0.1) is 5.10 Å². The van der Waals surface area contributed by atoms with Gasteiger partial charge in [-0.1, -0.05) is 47.6 Å². The maximum atomic E-state index is 6.07. The number of aryl methyl sites for hydroxylation is 2. The fourth-order valence-electron chi connectivity index (χ4n) is 2.21. The standard InChI is InChI=1S/C17H17ClN4OS/c1-12-7-8-13(2)15(11-12)22-17(19-20-21-22)24-10-9-23-16-6-4-3-5-14(16)18/h3-8,11H,9-10H2,1-2H3. The first-order valence-electron chi connectivity index (χ1n) is 7.51. The third kappa shape index (κ3) is 3.88. The van der Waals surface area contributed by atoms with Crippen molar-refractivity contribution in [3.8, 4) is 11.4 Å². The van der Waals surface area contributed by atoms with E-state index in [1.165, 1.54) is 5.56 Å². The number of thioether (sulfide) groups is 1. The Kier molecular flexibility index (Phi) is 5.37. The van der Waals surface area contributed by atoms with E-state index in [4.69, 9.17) is 16.3 Å². The number of hydrogen-bond donors (Lipinski definition) is 0. The van der Waals surface area contributed by atoms with Crippen LogP contribution in [0.3, 0.4) is 0 Å². The van der Waals surface area contributed by atoms with Crippen molar-refractivity contribution in [2.75, 3.05) is 12.4 Å². The summed E-state index contributed by atoms with van der Waals surface area (Å²) in [5.74, 6) is 1.41. The molecule has 0 aliphatic heterocycles. The Balaban J connectivity index is 1.64. The molecule has 0 fully saturated rings. The van der Waals surface area contributed by atoms with Crippen molar-refractivity contribution in [2.45, 2.75) is 19.0 Å². The smallest absolute Gasteiger partial charge is 0.214 e. The molecule has 0 radical (unpaired) electrons.